The molecule has 0 amide bonds. The van der Waals surface area contributed by atoms with Crippen molar-refractivity contribution in [1.29, 1.82) is 0 Å². The SMILES string of the molecule is NCCCCc1cc(Cl)c2c(c1)CCC2. The first-order chi connectivity index (χ1) is 7.31. The van der Waals surface area contributed by atoms with Gasteiger partial charge in [-0.1, -0.05) is 17.7 Å². The fourth-order valence-electron chi connectivity index (χ4n) is 2.33. The second kappa shape index (κ2) is 5.00. The van der Waals surface area contributed by atoms with E-state index in [1.54, 1.807) is 0 Å². The van der Waals surface area contributed by atoms with Crippen LogP contribution in [0.25, 0.3) is 0 Å². The Bertz CT molecular complexity index is 347. The molecule has 0 aliphatic heterocycles. The van der Waals surface area contributed by atoms with E-state index in [1.165, 1.54) is 36.0 Å². The first-order valence-electron chi connectivity index (χ1n) is 5.81. The van der Waals surface area contributed by atoms with Gasteiger partial charge >= 0.3 is 0 Å². The summed E-state index contributed by atoms with van der Waals surface area (Å²) in [6, 6.07) is 4.48. The van der Waals surface area contributed by atoms with Gasteiger partial charge in [0.2, 0.25) is 0 Å². The Kier molecular flexibility index (Phi) is 3.66. The number of unbranched alkanes of at least 4 members (excludes halogenated alkanes) is 1. The highest BCUT2D eigenvalue weighted by atomic mass is 35.5. The Balaban J connectivity index is 2.09. The van der Waals surface area contributed by atoms with Crippen molar-refractivity contribution < 1.29 is 0 Å². The molecule has 0 unspecified atom stereocenters. The highest BCUT2D eigenvalue weighted by molar-refractivity contribution is 6.31. The molecule has 1 nitrogen and oxygen atoms in total. The highest BCUT2D eigenvalue weighted by Gasteiger charge is 2.14. The largest absolute Gasteiger partial charge is 0.330 e. The number of benzene rings is 1. The van der Waals surface area contributed by atoms with Crippen molar-refractivity contribution in [2.24, 2.45) is 5.73 Å². The molecule has 0 spiro atoms. The second-order valence-electron chi connectivity index (χ2n) is 4.31. The summed E-state index contributed by atoms with van der Waals surface area (Å²) in [6.45, 7) is 0.790. The molecule has 15 heavy (non-hydrogen) atoms. The van der Waals surface area contributed by atoms with Crippen LogP contribution in [0.15, 0.2) is 12.1 Å². The predicted molar refractivity (Wildman–Crippen MR) is 65.5 cm³/mol. The van der Waals surface area contributed by atoms with Crippen LogP contribution in [0.3, 0.4) is 0 Å². The normalized spacial score (nSPS) is 14.3. The Labute approximate surface area is 96.6 Å². The third kappa shape index (κ3) is 2.53. The van der Waals surface area contributed by atoms with Crippen LogP contribution in [0.4, 0.5) is 0 Å². The second-order valence-corrected chi connectivity index (χ2v) is 4.72. The summed E-state index contributed by atoms with van der Waals surface area (Å²) in [5, 5.41) is 0.979. The van der Waals surface area contributed by atoms with E-state index in [-0.39, 0.29) is 0 Å². The number of hydrogen-bond acceptors (Lipinski definition) is 1. The summed E-state index contributed by atoms with van der Waals surface area (Å²) >= 11 is 6.26. The minimum absolute atomic E-state index is 0.790. The van der Waals surface area contributed by atoms with Gasteiger partial charge in [-0.05, 0) is 67.8 Å². The summed E-state index contributed by atoms with van der Waals surface area (Å²) in [5.41, 5.74) is 9.74. The molecule has 2 heteroatoms. The lowest BCUT2D eigenvalue weighted by Gasteiger charge is -2.07. The zero-order valence-corrected chi connectivity index (χ0v) is 9.82. The Morgan fingerprint density at radius 2 is 2.07 bits per heavy atom. The van der Waals surface area contributed by atoms with E-state index in [0.717, 1.165) is 30.8 Å². The minimum atomic E-state index is 0.790. The lowest BCUT2D eigenvalue weighted by Crippen LogP contribution is -1.99. The van der Waals surface area contributed by atoms with Gasteiger partial charge in [-0.25, -0.2) is 0 Å². The van der Waals surface area contributed by atoms with Crippen LogP contribution < -0.4 is 5.73 Å². The molecule has 2 N–H and O–H groups in total. The third-order valence-corrected chi connectivity index (χ3v) is 3.48. The van der Waals surface area contributed by atoms with Gasteiger partial charge in [0.05, 0.1) is 0 Å². The summed E-state index contributed by atoms with van der Waals surface area (Å²) in [5.74, 6) is 0. The summed E-state index contributed by atoms with van der Waals surface area (Å²) < 4.78 is 0. The van der Waals surface area contributed by atoms with Crippen molar-refractivity contribution >= 4 is 11.6 Å². The van der Waals surface area contributed by atoms with Crippen LogP contribution in [-0.4, -0.2) is 6.54 Å². The summed E-state index contributed by atoms with van der Waals surface area (Å²) in [7, 11) is 0. The van der Waals surface area contributed by atoms with Gasteiger partial charge in [-0.3, -0.25) is 0 Å². The van der Waals surface area contributed by atoms with Crippen molar-refractivity contribution in [3.8, 4) is 0 Å². The van der Waals surface area contributed by atoms with Crippen LogP contribution in [0.1, 0.15) is 36.0 Å². The maximum absolute atomic E-state index is 6.26. The van der Waals surface area contributed by atoms with E-state index in [9.17, 15) is 0 Å². The van der Waals surface area contributed by atoms with Gasteiger partial charge in [0, 0.05) is 5.02 Å². The maximum Gasteiger partial charge on any atom is 0.0443 e. The van der Waals surface area contributed by atoms with Crippen LogP contribution in [0.2, 0.25) is 5.02 Å². The zero-order chi connectivity index (χ0) is 10.7. The first-order valence-corrected chi connectivity index (χ1v) is 6.19. The topological polar surface area (TPSA) is 26.0 Å². The van der Waals surface area contributed by atoms with Crippen molar-refractivity contribution in [2.75, 3.05) is 6.54 Å². The van der Waals surface area contributed by atoms with Crippen LogP contribution in [-0.2, 0) is 19.3 Å². The van der Waals surface area contributed by atoms with Crippen molar-refractivity contribution in [3.63, 3.8) is 0 Å². The average Bonchev–Trinajstić information content (AvgIpc) is 2.66. The minimum Gasteiger partial charge on any atom is -0.330 e. The van der Waals surface area contributed by atoms with E-state index < -0.39 is 0 Å². The van der Waals surface area contributed by atoms with Gasteiger partial charge in [-0.2, -0.15) is 0 Å². The molecule has 0 aromatic heterocycles. The summed E-state index contributed by atoms with van der Waals surface area (Å²) in [6.07, 6.45) is 7.03. The van der Waals surface area contributed by atoms with E-state index in [0.29, 0.717) is 0 Å². The quantitative estimate of drug-likeness (QED) is 0.780. The smallest absolute Gasteiger partial charge is 0.0443 e. The van der Waals surface area contributed by atoms with E-state index in [4.69, 9.17) is 17.3 Å². The number of hydrogen-bond donors (Lipinski definition) is 1. The van der Waals surface area contributed by atoms with Crippen molar-refractivity contribution in [3.05, 3.63) is 33.8 Å². The Hall–Kier alpha value is -0.530. The van der Waals surface area contributed by atoms with Crippen LogP contribution >= 0.6 is 11.6 Å². The Morgan fingerprint density at radius 3 is 2.87 bits per heavy atom. The van der Waals surface area contributed by atoms with Gasteiger partial charge in [0.1, 0.15) is 0 Å². The molecule has 0 radical (unpaired) electrons. The first kappa shape index (κ1) is 11.0. The molecule has 0 heterocycles. The molecule has 1 aliphatic rings. The molecule has 0 bridgehead atoms. The van der Waals surface area contributed by atoms with Gasteiger partial charge in [-0.15, -0.1) is 0 Å². The molecule has 82 valence electrons. The van der Waals surface area contributed by atoms with Crippen LogP contribution in [0, 0.1) is 0 Å². The summed E-state index contributed by atoms with van der Waals surface area (Å²) in [4.78, 5) is 0. The molecule has 0 atom stereocenters. The molecule has 0 fully saturated rings. The molecular weight excluding hydrogens is 206 g/mol. The molecule has 0 saturated heterocycles. The van der Waals surface area contributed by atoms with Crippen molar-refractivity contribution in [2.45, 2.75) is 38.5 Å². The number of nitrogens with two attached hydrogens (primary N) is 1. The Morgan fingerprint density at radius 1 is 1.20 bits per heavy atom. The van der Waals surface area contributed by atoms with E-state index in [1.807, 2.05) is 0 Å². The van der Waals surface area contributed by atoms with Crippen LogP contribution in [0.5, 0.6) is 0 Å². The average molecular weight is 224 g/mol. The molecule has 0 saturated carbocycles. The lowest BCUT2D eigenvalue weighted by molar-refractivity contribution is 0.744. The number of halogens is 1. The highest BCUT2D eigenvalue weighted by Crippen LogP contribution is 2.30. The fourth-order valence-corrected chi connectivity index (χ4v) is 2.69. The molecule has 1 aliphatic carbocycles. The van der Waals surface area contributed by atoms with Crippen molar-refractivity contribution in [1.82, 2.24) is 0 Å². The third-order valence-electron chi connectivity index (χ3n) is 3.14. The predicted octanol–water partition coefficient (Wildman–Crippen LogP) is 3.11. The fraction of sp³-hybridized carbons (Fsp3) is 0.538. The monoisotopic (exact) mass is 223 g/mol. The maximum atomic E-state index is 6.26. The number of fused-ring (bicyclic) bond motifs is 1. The zero-order valence-electron chi connectivity index (χ0n) is 9.06. The van der Waals surface area contributed by atoms with Gasteiger partial charge in [0.25, 0.3) is 0 Å². The van der Waals surface area contributed by atoms with Gasteiger partial charge < -0.3 is 5.73 Å². The van der Waals surface area contributed by atoms with Gasteiger partial charge in [0.15, 0.2) is 0 Å². The van der Waals surface area contributed by atoms with E-state index in [2.05, 4.69) is 12.1 Å². The van der Waals surface area contributed by atoms with E-state index >= 15 is 0 Å². The lowest BCUT2D eigenvalue weighted by atomic mass is 10.0. The molecule has 1 aromatic carbocycles. The standard InChI is InChI=1S/C13H18ClN/c14-13-9-10(4-1-2-7-15)8-11-5-3-6-12(11)13/h8-9H,1-7,15H2. The number of aryl methyl sites for hydroxylation is 2. The molecular formula is C13H18ClN. The number of rotatable bonds is 4. The molecule has 2 rings (SSSR count). The molecule has 1 aromatic rings.